The molecule has 2 bridgehead atoms. The van der Waals surface area contributed by atoms with Crippen LogP contribution in [0.1, 0.15) is 77.3 Å². The van der Waals surface area contributed by atoms with E-state index in [1.54, 1.807) is 18.2 Å². The molecule has 238 valence electrons. The summed E-state index contributed by atoms with van der Waals surface area (Å²) in [7, 11) is 1.35. The van der Waals surface area contributed by atoms with E-state index >= 15 is 0 Å². The lowest BCUT2D eigenvalue weighted by molar-refractivity contribution is -0.274. The molecule has 9 nitrogen and oxygen atoms in total. The van der Waals surface area contributed by atoms with Crippen LogP contribution in [-0.4, -0.2) is 65.2 Å². The predicted molar refractivity (Wildman–Crippen MR) is 154 cm³/mol. The maximum absolute atomic E-state index is 13.8. The van der Waals surface area contributed by atoms with Crippen molar-refractivity contribution in [2.24, 2.45) is 0 Å². The third-order valence-electron chi connectivity index (χ3n) is 9.42. The van der Waals surface area contributed by atoms with Gasteiger partial charge in [0.05, 0.1) is 25.4 Å². The number of para-hydroxylation sites is 1. The number of hydrogen-bond acceptors (Lipinski definition) is 7. The summed E-state index contributed by atoms with van der Waals surface area (Å²) in [6.07, 6.45) is 0.743. The molecule has 2 atom stereocenters. The Morgan fingerprint density at radius 1 is 1.02 bits per heavy atom. The van der Waals surface area contributed by atoms with E-state index in [9.17, 15) is 22.8 Å². The zero-order valence-electron chi connectivity index (χ0n) is 24.8. The first-order valence-corrected chi connectivity index (χ1v) is 15.4. The van der Waals surface area contributed by atoms with Gasteiger partial charge in [-0.3, -0.25) is 0 Å². The predicted octanol–water partition coefficient (Wildman–Crippen LogP) is 6.59. The number of amides is 2. The average Bonchev–Trinajstić information content (AvgIpc) is 3.73. The molecule has 2 unspecified atom stereocenters. The first-order chi connectivity index (χ1) is 21.7. The maximum atomic E-state index is 13.8. The highest BCUT2D eigenvalue weighted by molar-refractivity contribution is 5.89. The topological polar surface area (TPSA) is 94.3 Å². The Morgan fingerprint density at radius 3 is 2.49 bits per heavy atom. The number of halogens is 3. The van der Waals surface area contributed by atoms with Gasteiger partial charge in [-0.15, -0.1) is 13.2 Å². The Morgan fingerprint density at radius 2 is 1.78 bits per heavy atom. The number of hydrogen-bond donors (Lipinski definition) is 0. The lowest BCUT2D eigenvalue weighted by Gasteiger charge is -2.42. The molecule has 4 aliphatic rings. The van der Waals surface area contributed by atoms with Gasteiger partial charge >= 0.3 is 18.4 Å². The smallest absolute Gasteiger partial charge is 0.465 e. The Labute approximate surface area is 258 Å². The Balaban J connectivity index is 1.04. The van der Waals surface area contributed by atoms with E-state index in [0.717, 1.165) is 43.2 Å². The highest BCUT2D eigenvalue weighted by Gasteiger charge is 2.45. The van der Waals surface area contributed by atoms with E-state index in [1.807, 2.05) is 21.9 Å². The Kier molecular flexibility index (Phi) is 7.71. The van der Waals surface area contributed by atoms with Gasteiger partial charge in [-0.25, -0.2) is 9.59 Å². The maximum Gasteiger partial charge on any atom is 0.573 e. The van der Waals surface area contributed by atoms with E-state index in [2.05, 4.69) is 9.89 Å². The number of carbonyl (C=O) groups excluding carboxylic acids is 2. The second-order valence-electron chi connectivity index (χ2n) is 12.3. The standard InChI is InChI=1S/C33H34F3N3O6/c1-42-31(40)21-9-6-19-12-13-38(17-22(19)14-21)32(41)39-23-10-11-24(39)16-25(15-23)43-18-27-29(37-45-30(27)20-7-8-20)26-4-2-3-5-28(26)44-33(34,35)36/h2-6,9,14,20,23-25H,7-8,10-13,15-18H2,1H3. The minimum atomic E-state index is -4.84. The van der Waals surface area contributed by atoms with Gasteiger partial charge in [0.15, 0.2) is 0 Å². The van der Waals surface area contributed by atoms with Gasteiger partial charge in [-0.2, -0.15) is 0 Å². The van der Waals surface area contributed by atoms with Crippen LogP contribution >= 0.6 is 0 Å². The second-order valence-corrected chi connectivity index (χ2v) is 12.3. The first kappa shape index (κ1) is 29.6. The van der Waals surface area contributed by atoms with Crippen LogP contribution in [0.2, 0.25) is 0 Å². The Bertz CT molecular complexity index is 1590. The molecule has 7 rings (SSSR count). The molecule has 1 aromatic heterocycles. The van der Waals surface area contributed by atoms with Crippen molar-refractivity contribution >= 4 is 12.0 Å². The number of alkyl halides is 3. The molecule has 3 aromatic rings. The third kappa shape index (κ3) is 5.99. The Hall–Kier alpha value is -4.06. The zero-order valence-corrected chi connectivity index (χ0v) is 24.8. The summed E-state index contributed by atoms with van der Waals surface area (Å²) in [5.41, 5.74) is 3.72. The van der Waals surface area contributed by atoms with Gasteiger partial charge < -0.3 is 28.5 Å². The summed E-state index contributed by atoms with van der Waals surface area (Å²) in [5, 5.41) is 4.18. The van der Waals surface area contributed by atoms with Crippen molar-refractivity contribution in [3.05, 3.63) is 70.5 Å². The summed E-state index contributed by atoms with van der Waals surface area (Å²) in [5.74, 6) is 0.0918. The fraction of sp³-hybridized carbons (Fsp3) is 0.485. The summed E-state index contributed by atoms with van der Waals surface area (Å²) in [6, 6.07) is 11.5. The number of fused-ring (bicyclic) bond motifs is 3. The number of rotatable bonds is 7. The molecule has 45 heavy (non-hydrogen) atoms. The molecular formula is C33H34F3N3O6. The van der Waals surface area contributed by atoms with Crippen LogP contribution in [0.25, 0.3) is 11.3 Å². The minimum absolute atomic E-state index is 0.00804. The number of urea groups is 1. The van der Waals surface area contributed by atoms with Crippen molar-refractivity contribution in [3.8, 4) is 17.0 Å². The summed E-state index contributed by atoms with van der Waals surface area (Å²) < 4.78 is 60.7. The molecule has 0 spiro atoms. The molecule has 0 N–H and O–H groups in total. The lowest BCUT2D eigenvalue weighted by atomic mass is 9.96. The van der Waals surface area contributed by atoms with Crippen LogP contribution < -0.4 is 4.74 Å². The molecule has 1 aliphatic carbocycles. The van der Waals surface area contributed by atoms with Gasteiger partial charge in [-0.1, -0.05) is 23.4 Å². The third-order valence-corrected chi connectivity index (χ3v) is 9.42. The minimum Gasteiger partial charge on any atom is -0.465 e. The van der Waals surface area contributed by atoms with Crippen molar-refractivity contribution in [2.75, 3.05) is 13.7 Å². The number of ether oxygens (including phenoxy) is 3. The number of carbonyl (C=O) groups is 2. The number of aromatic nitrogens is 1. The quantitative estimate of drug-likeness (QED) is 0.273. The highest BCUT2D eigenvalue weighted by Crippen LogP contribution is 2.46. The molecule has 12 heteroatoms. The summed E-state index contributed by atoms with van der Waals surface area (Å²) in [4.78, 5) is 29.7. The van der Waals surface area contributed by atoms with Crippen LogP contribution in [0.4, 0.5) is 18.0 Å². The normalized spacial score (nSPS) is 22.7. The molecule has 2 aromatic carbocycles. The fourth-order valence-electron chi connectivity index (χ4n) is 7.12. The van der Waals surface area contributed by atoms with Gasteiger partial charge in [0, 0.05) is 42.2 Å². The number of nitrogens with zero attached hydrogens (tertiary/aromatic N) is 3. The second kappa shape index (κ2) is 11.7. The zero-order chi connectivity index (χ0) is 31.3. The van der Waals surface area contributed by atoms with Gasteiger partial charge in [0.25, 0.3) is 0 Å². The van der Waals surface area contributed by atoms with E-state index in [1.165, 1.54) is 19.2 Å². The van der Waals surface area contributed by atoms with Crippen LogP contribution in [0, 0.1) is 0 Å². The van der Waals surface area contributed by atoms with E-state index < -0.39 is 12.3 Å². The van der Waals surface area contributed by atoms with Crippen molar-refractivity contribution < 1.29 is 41.5 Å². The number of methoxy groups -OCH3 is 1. The molecule has 3 fully saturated rings. The van der Waals surface area contributed by atoms with E-state index in [4.69, 9.17) is 14.0 Å². The molecule has 4 heterocycles. The van der Waals surface area contributed by atoms with Crippen LogP contribution in [0.5, 0.6) is 5.75 Å². The van der Waals surface area contributed by atoms with Gasteiger partial charge in [0.1, 0.15) is 17.2 Å². The van der Waals surface area contributed by atoms with Crippen molar-refractivity contribution in [1.82, 2.24) is 15.0 Å². The van der Waals surface area contributed by atoms with Crippen LogP contribution in [-0.2, 0) is 29.0 Å². The first-order valence-electron chi connectivity index (χ1n) is 15.4. The monoisotopic (exact) mass is 625 g/mol. The van der Waals surface area contributed by atoms with E-state index in [-0.39, 0.29) is 48.1 Å². The summed E-state index contributed by atoms with van der Waals surface area (Å²) in [6.45, 7) is 1.20. The van der Waals surface area contributed by atoms with Crippen LogP contribution in [0.3, 0.4) is 0 Å². The van der Waals surface area contributed by atoms with Gasteiger partial charge in [0.2, 0.25) is 0 Å². The molecule has 0 radical (unpaired) electrons. The van der Waals surface area contributed by atoms with E-state index in [0.29, 0.717) is 48.5 Å². The lowest BCUT2D eigenvalue weighted by Crippen LogP contribution is -2.54. The largest absolute Gasteiger partial charge is 0.573 e. The average molecular weight is 626 g/mol. The van der Waals surface area contributed by atoms with Crippen molar-refractivity contribution in [2.45, 2.75) is 88.6 Å². The number of esters is 1. The molecule has 3 aliphatic heterocycles. The molecule has 1 saturated carbocycles. The number of piperidine rings is 1. The molecule has 2 saturated heterocycles. The highest BCUT2D eigenvalue weighted by atomic mass is 19.4. The van der Waals surface area contributed by atoms with Crippen molar-refractivity contribution in [3.63, 3.8) is 0 Å². The molecular weight excluding hydrogens is 591 g/mol. The van der Waals surface area contributed by atoms with Gasteiger partial charge in [-0.05, 0) is 80.3 Å². The van der Waals surface area contributed by atoms with Crippen molar-refractivity contribution in [1.29, 1.82) is 0 Å². The fourth-order valence-corrected chi connectivity index (χ4v) is 7.12. The molecule has 2 amide bonds. The SMILES string of the molecule is COC(=O)c1ccc2c(c1)CN(C(=O)N1C3CCC1CC(OCc1c(-c4ccccc4OC(F)(F)F)noc1C1CC1)C3)CC2. The van der Waals surface area contributed by atoms with Crippen LogP contribution in [0.15, 0.2) is 47.0 Å². The number of benzene rings is 2. The summed E-state index contributed by atoms with van der Waals surface area (Å²) >= 11 is 0.